The topological polar surface area (TPSA) is 55.5 Å². The molecule has 0 heterocycles. The molecule has 0 unspecified atom stereocenters. The van der Waals surface area contributed by atoms with Crippen molar-refractivity contribution in [3.8, 4) is 11.5 Å². The van der Waals surface area contributed by atoms with Gasteiger partial charge in [-0.1, -0.05) is 6.42 Å². The maximum atomic E-state index is 13.6. The van der Waals surface area contributed by atoms with Crippen LogP contribution in [0.15, 0.2) is 6.07 Å². The number of hydrogen-bond donors (Lipinski definition) is 2. The lowest BCUT2D eigenvalue weighted by Gasteiger charge is -2.42. The van der Waals surface area contributed by atoms with Gasteiger partial charge in [-0.3, -0.25) is 0 Å². The molecule has 1 aliphatic rings. The van der Waals surface area contributed by atoms with E-state index in [0.29, 0.717) is 6.54 Å². The monoisotopic (exact) mass is 239 g/mol. The highest BCUT2D eigenvalue weighted by atomic mass is 19.1. The second kappa shape index (κ2) is 4.18. The van der Waals surface area contributed by atoms with Gasteiger partial charge in [-0.25, -0.2) is 4.39 Å². The second-order valence-corrected chi connectivity index (χ2v) is 4.77. The summed E-state index contributed by atoms with van der Waals surface area (Å²) in [6.45, 7) is 2.27. The van der Waals surface area contributed by atoms with Crippen molar-refractivity contribution in [3.05, 3.63) is 23.0 Å². The van der Waals surface area contributed by atoms with Crippen molar-refractivity contribution in [2.75, 3.05) is 13.7 Å². The van der Waals surface area contributed by atoms with Crippen LogP contribution in [0.4, 0.5) is 4.39 Å². The molecule has 4 heteroatoms. The molecule has 0 aromatic heterocycles. The van der Waals surface area contributed by atoms with E-state index in [-0.39, 0.29) is 16.9 Å². The Bertz CT molecular complexity index is 436. The van der Waals surface area contributed by atoms with E-state index in [4.69, 9.17) is 10.5 Å². The van der Waals surface area contributed by atoms with Crippen molar-refractivity contribution in [2.24, 2.45) is 5.73 Å². The molecule has 0 bridgehead atoms. The van der Waals surface area contributed by atoms with Gasteiger partial charge in [0.05, 0.1) is 7.11 Å². The average molecular weight is 239 g/mol. The molecule has 94 valence electrons. The summed E-state index contributed by atoms with van der Waals surface area (Å²) in [5.41, 5.74) is 7.12. The molecule has 0 atom stereocenters. The lowest BCUT2D eigenvalue weighted by Crippen LogP contribution is -2.42. The highest BCUT2D eigenvalue weighted by Gasteiger charge is 2.41. The highest BCUT2D eigenvalue weighted by Crippen LogP contribution is 2.50. The normalized spacial score (nSPS) is 17.6. The number of methoxy groups -OCH3 is 1. The zero-order valence-corrected chi connectivity index (χ0v) is 10.2. The highest BCUT2D eigenvalue weighted by molar-refractivity contribution is 5.54. The summed E-state index contributed by atoms with van der Waals surface area (Å²) < 4.78 is 18.5. The first-order valence-electron chi connectivity index (χ1n) is 5.82. The molecule has 1 aromatic carbocycles. The first kappa shape index (κ1) is 12.2. The number of aromatic hydroxyl groups is 1. The first-order chi connectivity index (χ1) is 8.05. The molecule has 3 nitrogen and oxygen atoms in total. The van der Waals surface area contributed by atoms with E-state index < -0.39 is 5.82 Å². The summed E-state index contributed by atoms with van der Waals surface area (Å²) in [7, 11) is 1.35. The zero-order valence-electron chi connectivity index (χ0n) is 10.2. The number of ether oxygens (including phenoxy) is 1. The molecule has 17 heavy (non-hydrogen) atoms. The van der Waals surface area contributed by atoms with Crippen LogP contribution in [0.25, 0.3) is 0 Å². The molecule has 0 saturated heterocycles. The third-order valence-electron chi connectivity index (χ3n) is 3.84. The summed E-state index contributed by atoms with van der Waals surface area (Å²) in [4.78, 5) is 0. The number of nitrogens with two attached hydrogens (primary N) is 1. The molecule has 2 rings (SSSR count). The molecule has 1 aromatic rings. The van der Waals surface area contributed by atoms with Crippen LogP contribution >= 0.6 is 0 Å². The van der Waals surface area contributed by atoms with Crippen molar-refractivity contribution < 1.29 is 14.2 Å². The van der Waals surface area contributed by atoms with Gasteiger partial charge in [-0.05, 0) is 31.4 Å². The second-order valence-electron chi connectivity index (χ2n) is 4.77. The van der Waals surface area contributed by atoms with Crippen LogP contribution in [0, 0.1) is 12.7 Å². The Kier molecular flexibility index (Phi) is 3.00. The smallest absolute Gasteiger partial charge is 0.196 e. The summed E-state index contributed by atoms with van der Waals surface area (Å²) in [5, 5.41) is 10.2. The summed E-state index contributed by atoms with van der Waals surface area (Å²) >= 11 is 0. The molecule has 1 fully saturated rings. The summed E-state index contributed by atoms with van der Waals surface area (Å²) in [5.74, 6) is -0.696. The number of rotatable bonds is 3. The predicted molar refractivity (Wildman–Crippen MR) is 63.9 cm³/mol. The van der Waals surface area contributed by atoms with Crippen molar-refractivity contribution >= 4 is 0 Å². The average Bonchev–Trinajstić information content (AvgIpc) is 2.21. The minimum atomic E-state index is -0.530. The van der Waals surface area contributed by atoms with Gasteiger partial charge in [0, 0.05) is 17.5 Å². The van der Waals surface area contributed by atoms with Crippen LogP contribution in [0.3, 0.4) is 0 Å². The van der Waals surface area contributed by atoms with E-state index in [9.17, 15) is 9.50 Å². The number of benzene rings is 1. The number of phenolic OH excluding ortho intramolecular Hbond substituents is 1. The fourth-order valence-corrected chi connectivity index (χ4v) is 2.76. The van der Waals surface area contributed by atoms with Crippen LogP contribution in [-0.2, 0) is 5.41 Å². The SMILES string of the molecule is COc1c(F)cc(C)c(C2(CN)CCC2)c1O. The van der Waals surface area contributed by atoms with Crippen LogP contribution < -0.4 is 10.5 Å². The van der Waals surface area contributed by atoms with Crippen LogP contribution in [0.2, 0.25) is 0 Å². The Morgan fingerprint density at radius 1 is 1.53 bits per heavy atom. The molecular weight excluding hydrogens is 221 g/mol. The van der Waals surface area contributed by atoms with Crippen LogP contribution in [-0.4, -0.2) is 18.8 Å². The van der Waals surface area contributed by atoms with Gasteiger partial charge in [0.2, 0.25) is 0 Å². The Morgan fingerprint density at radius 2 is 2.18 bits per heavy atom. The summed E-state index contributed by atoms with van der Waals surface area (Å²) in [6.07, 6.45) is 2.97. The Labute approximate surface area is 100 Å². The van der Waals surface area contributed by atoms with Crippen molar-refractivity contribution in [3.63, 3.8) is 0 Å². The van der Waals surface area contributed by atoms with E-state index in [0.717, 1.165) is 30.4 Å². The lowest BCUT2D eigenvalue weighted by atomic mass is 9.63. The maximum Gasteiger partial charge on any atom is 0.196 e. The number of halogens is 1. The fraction of sp³-hybridized carbons (Fsp3) is 0.538. The van der Waals surface area contributed by atoms with Crippen LogP contribution in [0.5, 0.6) is 11.5 Å². The maximum absolute atomic E-state index is 13.6. The minimum absolute atomic E-state index is 0.0784. The molecule has 0 spiro atoms. The Morgan fingerprint density at radius 3 is 2.59 bits per heavy atom. The molecule has 0 aliphatic heterocycles. The van der Waals surface area contributed by atoms with Gasteiger partial charge in [0.25, 0.3) is 0 Å². The van der Waals surface area contributed by atoms with Crippen LogP contribution in [0.1, 0.15) is 30.4 Å². The van der Waals surface area contributed by atoms with Gasteiger partial charge in [0.15, 0.2) is 17.3 Å². The molecule has 0 radical (unpaired) electrons. The van der Waals surface area contributed by atoms with Crippen molar-refractivity contribution in [2.45, 2.75) is 31.6 Å². The van der Waals surface area contributed by atoms with Gasteiger partial charge in [-0.15, -0.1) is 0 Å². The summed E-state index contributed by atoms with van der Waals surface area (Å²) in [6, 6.07) is 1.41. The lowest BCUT2D eigenvalue weighted by molar-refractivity contribution is 0.239. The van der Waals surface area contributed by atoms with Gasteiger partial charge in [0.1, 0.15) is 0 Å². The molecule has 1 aliphatic carbocycles. The van der Waals surface area contributed by atoms with Crippen molar-refractivity contribution in [1.82, 2.24) is 0 Å². The molecular formula is C13H18FNO2. The third-order valence-corrected chi connectivity index (χ3v) is 3.84. The van der Waals surface area contributed by atoms with Gasteiger partial charge in [-0.2, -0.15) is 0 Å². The fourth-order valence-electron chi connectivity index (χ4n) is 2.76. The van der Waals surface area contributed by atoms with E-state index in [1.165, 1.54) is 13.2 Å². The van der Waals surface area contributed by atoms with Crippen molar-refractivity contribution in [1.29, 1.82) is 0 Å². The third kappa shape index (κ3) is 1.67. The molecule has 1 saturated carbocycles. The van der Waals surface area contributed by atoms with Gasteiger partial charge < -0.3 is 15.6 Å². The van der Waals surface area contributed by atoms with E-state index in [1.54, 1.807) is 6.92 Å². The van der Waals surface area contributed by atoms with Gasteiger partial charge >= 0.3 is 0 Å². The first-order valence-corrected chi connectivity index (χ1v) is 5.82. The minimum Gasteiger partial charge on any atom is -0.504 e. The Hall–Kier alpha value is -1.29. The zero-order chi connectivity index (χ0) is 12.6. The predicted octanol–water partition coefficient (Wildman–Crippen LogP) is 2.23. The van der Waals surface area contributed by atoms with E-state index in [1.807, 2.05) is 0 Å². The van der Waals surface area contributed by atoms with E-state index in [2.05, 4.69) is 0 Å². The Balaban J connectivity index is 2.61. The standard InChI is InChI=1S/C13H18FNO2/c1-8-6-9(14)12(17-2)11(16)10(8)13(7-15)4-3-5-13/h6,16H,3-5,7,15H2,1-2H3. The van der Waals surface area contributed by atoms with E-state index >= 15 is 0 Å². The molecule has 0 amide bonds. The largest absolute Gasteiger partial charge is 0.504 e. The quantitative estimate of drug-likeness (QED) is 0.850. The number of hydrogen-bond acceptors (Lipinski definition) is 3. The number of aryl methyl sites for hydroxylation is 1. The number of phenols is 1. The molecule has 3 N–H and O–H groups in total.